The Labute approximate surface area is 130 Å². The fourth-order valence-corrected chi connectivity index (χ4v) is 1.94. The summed E-state index contributed by atoms with van der Waals surface area (Å²) in [7, 11) is 2.45. The predicted octanol–water partition coefficient (Wildman–Crippen LogP) is 3.80. The molecular weight excluding hydrogens is 346 g/mol. The Morgan fingerprint density at radius 2 is 1.54 bits per heavy atom. The molecule has 0 N–H and O–H groups in total. The lowest BCUT2D eigenvalue weighted by Crippen LogP contribution is -2.44. The molecule has 0 aliphatic heterocycles. The molecule has 0 saturated heterocycles. The standard InChI is InChI=1S/C14H10F6O4/c1-22-9-3-6-7(21)4-11(24-8(6)5-10(9)23-2)13(17,18)14(19,20)12(15)16/h3-5,12H,1-2H3. The number of halogens is 6. The summed E-state index contributed by atoms with van der Waals surface area (Å²) >= 11 is 0. The van der Waals surface area contributed by atoms with Crippen molar-refractivity contribution in [2.75, 3.05) is 14.2 Å². The lowest BCUT2D eigenvalue weighted by molar-refractivity contribution is -0.276. The average Bonchev–Trinajstić information content (AvgIpc) is 2.53. The molecule has 24 heavy (non-hydrogen) atoms. The molecule has 10 heteroatoms. The molecule has 2 aromatic rings. The Bertz CT molecular complexity index is 815. The Kier molecular flexibility index (Phi) is 4.42. The highest BCUT2D eigenvalue weighted by atomic mass is 19.3. The van der Waals surface area contributed by atoms with Crippen LogP contribution < -0.4 is 14.9 Å². The molecule has 1 aromatic carbocycles. The van der Waals surface area contributed by atoms with Gasteiger partial charge in [-0.25, -0.2) is 8.78 Å². The number of alkyl halides is 6. The van der Waals surface area contributed by atoms with Crippen LogP contribution >= 0.6 is 0 Å². The minimum absolute atomic E-state index is 0.0331. The van der Waals surface area contributed by atoms with Crippen molar-refractivity contribution in [2.24, 2.45) is 0 Å². The lowest BCUT2D eigenvalue weighted by Gasteiger charge is -2.24. The molecular formula is C14H10F6O4. The van der Waals surface area contributed by atoms with Gasteiger partial charge in [-0.3, -0.25) is 4.79 Å². The van der Waals surface area contributed by atoms with E-state index in [-0.39, 0.29) is 23.0 Å². The van der Waals surface area contributed by atoms with Crippen LogP contribution in [0.4, 0.5) is 26.3 Å². The number of methoxy groups -OCH3 is 2. The van der Waals surface area contributed by atoms with Gasteiger partial charge in [0.1, 0.15) is 5.58 Å². The van der Waals surface area contributed by atoms with E-state index in [4.69, 9.17) is 9.47 Å². The molecule has 0 unspecified atom stereocenters. The maximum atomic E-state index is 13.7. The van der Waals surface area contributed by atoms with E-state index in [2.05, 4.69) is 4.42 Å². The smallest absolute Gasteiger partial charge is 0.376 e. The van der Waals surface area contributed by atoms with E-state index in [9.17, 15) is 31.1 Å². The van der Waals surface area contributed by atoms with Crippen molar-refractivity contribution in [1.82, 2.24) is 0 Å². The molecule has 1 heterocycles. The van der Waals surface area contributed by atoms with Crippen LogP contribution in [0.2, 0.25) is 0 Å². The zero-order chi connectivity index (χ0) is 18.3. The number of fused-ring (bicyclic) bond motifs is 1. The topological polar surface area (TPSA) is 48.7 Å². The van der Waals surface area contributed by atoms with E-state index >= 15 is 0 Å². The van der Waals surface area contributed by atoms with Crippen LogP contribution in [-0.4, -0.2) is 26.6 Å². The molecule has 0 saturated carbocycles. The number of rotatable bonds is 5. The summed E-state index contributed by atoms with van der Waals surface area (Å²) in [4.78, 5) is 11.9. The fourth-order valence-electron chi connectivity index (χ4n) is 1.94. The van der Waals surface area contributed by atoms with Gasteiger partial charge in [-0.15, -0.1) is 0 Å². The molecule has 2 rings (SSSR count). The molecule has 4 nitrogen and oxygen atoms in total. The Balaban J connectivity index is 2.73. The molecule has 132 valence electrons. The van der Waals surface area contributed by atoms with Gasteiger partial charge in [-0.2, -0.15) is 17.6 Å². The highest BCUT2D eigenvalue weighted by Crippen LogP contribution is 2.46. The third-order valence-electron chi connectivity index (χ3n) is 3.24. The van der Waals surface area contributed by atoms with Crippen LogP contribution in [0.5, 0.6) is 11.5 Å². The first-order chi connectivity index (χ1) is 11.1. The van der Waals surface area contributed by atoms with Crippen molar-refractivity contribution in [3.05, 3.63) is 34.2 Å². The maximum Gasteiger partial charge on any atom is 0.376 e. The van der Waals surface area contributed by atoms with Gasteiger partial charge in [0.05, 0.1) is 19.6 Å². The summed E-state index contributed by atoms with van der Waals surface area (Å²) in [5, 5.41) is -0.271. The Morgan fingerprint density at radius 1 is 1.00 bits per heavy atom. The van der Waals surface area contributed by atoms with Crippen LogP contribution in [0.25, 0.3) is 11.0 Å². The second-order valence-electron chi connectivity index (χ2n) is 4.68. The highest BCUT2D eigenvalue weighted by molar-refractivity contribution is 5.81. The van der Waals surface area contributed by atoms with Gasteiger partial charge in [0.25, 0.3) is 0 Å². The molecule has 0 radical (unpaired) electrons. The van der Waals surface area contributed by atoms with Crippen molar-refractivity contribution in [3.63, 3.8) is 0 Å². The zero-order valence-electron chi connectivity index (χ0n) is 12.2. The van der Waals surface area contributed by atoms with E-state index in [0.717, 1.165) is 12.1 Å². The molecule has 0 bridgehead atoms. The normalized spacial score (nSPS) is 12.7. The van der Waals surface area contributed by atoms with Gasteiger partial charge >= 0.3 is 18.3 Å². The van der Waals surface area contributed by atoms with E-state index in [1.165, 1.54) is 14.2 Å². The molecule has 0 atom stereocenters. The van der Waals surface area contributed by atoms with Crippen LogP contribution in [0, 0.1) is 0 Å². The van der Waals surface area contributed by atoms with Crippen molar-refractivity contribution in [1.29, 1.82) is 0 Å². The monoisotopic (exact) mass is 356 g/mol. The third-order valence-corrected chi connectivity index (χ3v) is 3.24. The number of benzene rings is 1. The largest absolute Gasteiger partial charge is 0.493 e. The van der Waals surface area contributed by atoms with E-state index in [0.29, 0.717) is 0 Å². The first kappa shape index (κ1) is 18.0. The summed E-state index contributed by atoms with van der Waals surface area (Å²) in [6.45, 7) is 0. The van der Waals surface area contributed by atoms with E-state index in [1.807, 2.05) is 0 Å². The second-order valence-corrected chi connectivity index (χ2v) is 4.68. The van der Waals surface area contributed by atoms with Crippen molar-refractivity contribution < 1.29 is 40.2 Å². The number of hydrogen-bond acceptors (Lipinski definition) is 4. The molecule has 0 fully saturated rings. The average molecular weight is 356 g/mol. The predicted molar refractivity (Wildman–Crippen MR) is 70.4 cm³/mol. The minimum Gasteiger partial charge on any atom is -0.493 e. The first-order valence-corrected chi connectivity index (χ1v) is 6.30. The van der Waals surface area contributed by atoms with Gasteiger partial charge in [0.15, 0.2) is 22.7 Å². The summed E-state index contributed by atoms with van der Waals surface area (Å²) in [5.74, 6) is -12.9. The van der Waals surface area contributed by atoms with Gasteiger partial charge in [-0.05, 0) is 6.07 Å². The first-order valence-electron chi connectivity index (χ1n) is 6.30. The summed E-state index contributed by atoms with van der Waals surface area (Å²) < 4.78 is 92.4. The van der Waals surface area contributed by atoms with E-state index < -0.39 is 35.0 Å². The quantitative estimate of drug-likeness (QED) is 0.765. The van der Waals surface area contributed by atoms with Gasteiger partial charge in [-0.1, -0.05) is 0 Å². The fraction of sp³-hybridized carbons (Fsp3) is 0.357. The van der Waals surface area contributed by atoms with Gasteiger partial charge in [0, 0.05) is 12.1 Å². The Hall–Kier alpha value is -2.39. The van der Waals surface area contributed by atoms with Crippen LogP contribution in [-0.2, 0) is 5.92 Å². The summed E-state index contributed by atoms with van der Waals surface area (Å²) in [6, 6.07) is 2.09. The Morgan fingerprint density at radius 3 is 2.04 bits per heavy atom. The molecule has 0 aliphatic carbocycles. The highest BCUT2D eigenvalue weighted by Gasteiger charge is 2.65. The van der Waals surface area contributed by atoms with Crippen LogP contribution in [0.1, 0.15) is 5.76 Å². The van der Waals surface area contributed by atoms with Gasteiger partial charge < -0.3 is 13.9 Å². The SMILES string of the molecule is COc1cc2oc(C(F)(F)C(F)(F)C(F)F)cc(=O)c2cc1OC. The number of ether oxygens (including phenoxy) is 2. The molecule has 1 aromatic heterocycles. The number of hydrogen-bond donors (Lipinski definition) is 0. The van der Waals surface area contributed by atoms with Crippen LogP contribution in [0.3, 0.4) is 0 Å². The molecule has 0 amide bonds. The summed E-state index contributed by atoms with van der Waals surface area (Å²) in [6.07, 6.45) is -4.65. The second kappa shape index (κ2) is 5.91. The molecule has 0 aliphatic rings. The third kappa shape index (κ3) is 2.65. The minimum atomic E-state index is -5.72. The summed E-state index contributed by atoms with van der Waals surface area (Å²) in [5.41, 5.74) is -1.67. The van der Waals surface area contributed by atoms with Crippen molar-refractivity contribution in [3.8, 4) is 11.5 Å². The van der Waals surface area contributed by atoms with E-state index in [1.54, 1.807) is 0 Å². The van der Waals surface area contributed by atoms with Crippen molar-refractivity contribution >= 4 is 11.0 Å². The zero-order valence-corrected chi connectivity index (χ0v) is 12.2. The van der Waals surface area contributed by atoms with Crippen LogP contribution in [0.15, 0.2) is 27.4 Å². The van der Waals surface area contributed by atoms with Gasteiger partial charge in [0.2, 0.25) is 0 Å². The molecule has 0 spiro atoms. The maximum absolute atomic E-state index is 13.7. The lowest BCUT2D eigenvalue weighted by atomic mass is 10.1. The van der Waals surface area contributed by atoms with Crippen molar-refractivity contribution in [2.45, 2.75) is 18.3 Å².